The van der Waals surface area contributed by atoms with Crippen LogP contribution in [0.1, 0.15) is 34.1 Å². The molecule has 1 aliphatic rings. The third kappa shape index (κ3) is 3.72. The number of nitrogens with zero attached hydrogens (tertiary/aromatic N) is 1. The van der Waals surface area contributed by atoms with E-state index in [1.165, 1.54) is 13.0 Å². The highest BCUT2D eigenvalue weighted by Crippen LogP contribution is 2.17. The van der Waals surface area contributed by atoms with Gasteiger partial charge in [0.25, 0.3) is 0 Å². The zero-order valence-electron chi connectivity index (χ0n) is 11.3. The SMILES string of the molecule is CCNC1COCC1CN(CC)C(C)CC. The maximum atomic E-state index is 5.59. The van der Waals surface area contributed by atoms with Crippen LogP contribution in [0.3, 0.4) is 0 Å². The summed E-state index contributed by atoms with van der Waals surface area (Å²) in [6, 6.07) is 1.25. The molecule has 3 nitrogen and oxygen atoms in total. The second kappa shape index (κ2) is 7.25. The highest BCUT2D eigenvalue weighted by Gasteiger charge is 2.29. The summed E-state index contributed by atoms with van der Waals surface area (Å²) in [5.41, 5.74) is 0. The molecule has 0 aliphatic carbocycles. The molecular weight excluding hydrogens is 200 g/mol. The largest absolute Gasteiger partial charge is 0.379 e. The summed E-state index contributed by atoms with van der Waals surface area (Å²) in [7, 11) is 0. The summed E-state index contributed by atoms with van der Waals surface area (Å²) in [4.78, 5) is 2.57. The van der Waals surface area contributed by atoms with Crippen LogP contribution in [0.4, 0.5) is 0 Å². The summed E-state index contributed by atoms with van der Waals surface area (Å²) < 4.78 is 5.59. The van der Waals surface area contributed by atoms with Gasteiger partial charge in [0.2, 0.25) is 0 Å². The number of hydrogen-bond acceptors (Lipinski definition) is 3. The Bertz CT molecular complexity index is 187. The molecule has 0 radical (unpaired) electrons. The molecule has 1 rings (SSSR count). The van der Waals surface area contributed by atoms with Crippen LogP contribution < -0.4 is 5.32 Å². The van der Waals surface area contributed by atoms with Gasteiger partial charge in [-0.2, -0.15) is 0 Å². The highest BCUT2D eigenvalue weighted by molar-refractivity contribution is 4.84. The van der Waals surface area contributed by atoms with Crippen molar-refractivity contribution in [2.75, 3.05) is 32.8 Å². The van der Waals surface area contributed by atoms with Crippen molar-refractivity contribution < 1.29 is 4.74 Å². The van der Waals surface area contributed by atoms with Gasteiger partial charge in [-0.15, -0.1) is 0 Å². The van der Waals surface area contributed by atoms with Gasteiger partial charge >= 0.3 is 0 Å². The Kier molecular flexibility index (Phi) is 6.32. The molecule has 96 valence electrons. The summed E-state index contributed by atoms with van der Waals surface area (Å²) in [6.07, 6.45) is 1.23. The van der Waals surface area contributed by atoms with Gasteiger partial charge in [-0.3, -0.25) is 0 Å². The Labute approximate surface area is 101 Å². The van der Waals surface area contributed by atoms with E-state index in [1.54, 1.807) is 0 Å². The normalized spacial score (nSPS) is 27.6. The van der Waals surface area contributed by atoms with Crippen LogP contribution in [0, 0.1) is 5.92 Å². The smallest absolute Gasteiger partial charge is 0.0623 e. The predicted molar refractivity (Wildman–Crippen MR) is 68.8 cm³/mol. The zero-order valence-corrected chi connectivity index (χ0v) is 11.3. The lowest BCUT2D eigenvalue weighted by Crippen LogP contribution is -2.44. The van der Waals surface area contributed by atoms with Gasteiger partial charge in [0.15, 0.2) is 0 Å². The third-order valence-electron chi connectivity index (χ3n) is 3.75. The summed E-state index contributed by atoms with van der Waals surface area (Å²) >= 11 is 0. The molecule has 0 aromatic carbocycles. The van der Waals surface area contributed by atoms with E-state index in [-0.39, 0.29) is 0 Å². The first-order valence-corrected chi connectivity index (χ1v) is 6.78. The lowest BCUT2D eigenvalue weighted by atomic mass is 10.0. The molecule has 0 bridgehead atoms. The molecule has 0 amide bonds. The third-order valence-corrected chi connectivity index (χ3v) is 3.75. The molecule has 3 unspecified atom stereocenters. The first-order valence-electron chi connectivity index (χ1n) is 6.78. The maximum absolute atomic E-state index is 5.59. The fourth-order valence-electron chi connectivity index (χ4n) is 2.45. The van der Waals surface area contributed by atoms with Gasteiger partial charge in [0.05, 0.1) is 13.2 Å². The van der Waals surface area contributed by atoms with Gasteiger partial charge in [-0.1, -0.05) is 20.8 Å². The van der Waals surface area contributed by atoms with Crippen LogP contribution in [0.25, 0.3) is 0 Å². The second-order valence-electron chi connectivity index (χ2n) is 4.81. The molecule has 0 spiro atoms. The van der Waals surface area contributed by atoms with Gasteiger partial charge in [-0.25, -0.2) is 0 Å². The van der Waals surface area contributed by atoms with Crippen molar-refractivity contribution >= 4 is 0 Å². The van der Waals surface area contributed by atoms with Crippen LogP contribution in [0.2, 0.25) is 0 Å². The second-order valence-corrected chi connectivity index (χ2v) is 4.81. The predicted octanol–water partition coefficient (Wildman–Crippen LogP) is 1.73. The van der Waals surface area contributed by atoms with Gasteiger partial charge in [0, 0.05) is 24.5 Å². The van der Waals surface area contributed by atoms with Crippen molar-refractivity contribution in [2.45, 2.75) is 46.2 Å². The summed E-state index contributed by atoms with van der Waals surface area (Å²) in [5.74, 6) is 0.661. The van der Waals surface area contributed by atoms with Crippen LogP contribution >= 0.6 is 0 Å². The Morgan fingerprint density at radius 2 is 2.06 bits per heavy atom. The fraction of sp³-hybridized carbons (Fsp3) is 1.00. The average molecular weight is 228 g/mol. The number of rotatable bonds is 7. The molecule has 3 atom stereocenters. The van der Waals surface area contributed by atoms with E-state index in [4.69, 9.17) is 4.74 Å². The lowest BCUT2D eigenvalue weighted by molar-refractivity contribution is 0.149. The summed E-state index contributed by atoms with van der Waals surface area (Å²) in [6.45, 7) is 14.2. The van der Waals surface area contributed by atoms with Gasteiger partial charge < -0.3 is 15.0 Å². The Morgan fingerprint density at radius 1 is 1.31 bits per heavy atom. The Balaban J connectivity index is 2.43. The molecule has 1 fully saturated rings. The Hall–Kier alpha value is -0.120. The lowest BCUT2D eigenvalue weighted by Gasteiger charge is -2.31. The van der Waals surface area contributed by atoms with Crippen molar-refractivity contribution in [2.24, 2.45) is 5.92 Å². The molecule has 0 aromatic heterocycles. The molecule has 1 heterocycles. The number of ether oxygens (including phenoxy) is 1. The minimum Gasteiger partial charge on any atom is -0.379 e. The quantitative estimate of drug-likeness (QED) is 0.718. The monoisotopic (exact) mass is 228 g/mol. The number of hydrogen-bond donors (Lipinski definition) is 1. The van der Waals surface area contributed by atoms with E-state index in [2.05, 4.69) is 37.9 Å². The molecule has 16 heavy (non-hydrogen) atoms. The molecular formula is C13H28N2O. The summed E-state index contributed by atoms with van der Waals surface area (Å²) in [5, 5.41) is 3.53. The Morgan fingerprint density at radius 3 is 2.62 bits per heavy atom. The van der Waals surface area contributed by atoms with Crippen molar-refractivity contribution in [3.05, 3.63) is 0 Å². The minimum atomic E-state index is 0.558. The van der Waals surface area contributed by atoms with Crippen LogP contribution in [0.15, 0.2) is 0 Å². The van der Waals surface area contributed by atoms with Crippen LogP contribution in [-0.2, 0) is 4.74 Å². The van der Waals surface area contributed by atoms with E-state index in [0.717, 1.165) is 26.3 Å². The van der Waals surface area contributed by atoms with E-state index in [9.17, 15) is 0 Å². The molecule has 0 saturated carbocycles. The van der Waals surface area contributed by atoms with E-state index >= 15 is 0 Å². The standard InChI is InChI=1S/C13H28N2O/c1-5-11(4)15(7-3)8-12-9-16-10-13(12)14-6-2/h11-14H,5-10H2,1-4H3. The van der Waals surface area contributed by atoms with E-state index in [0.29, 0.717) is 18.0 Å². The van der Waals surface area contributed by atoms with Gasteiger partial charge in [0.1, 0.15) is 0 Å². The topological polar surface area (TPSA) is 24.5 Å². The van der Waals surface area contributed by atoms with Crippen LogP contribution in [0.5, 0.6) is 0 Å². The molecule has 1 N–H and O–H groups in total. The number of likely N-dealkylation sites (N-methyl/N-ethyl adjacent to an activating group) is 1. The first-order chi connectivity index (χ1) is 7.72. The highest BCUT2D eigenvalue weighted by atomic mass is 16.5. The van der Waals surface area contributed by atoms with E-state index < -0.39 is 0 Å². The maximum Gasteiger partial charge on any atom is 0.0623 e. The number of nitrogens with one attached hydrogen (secondary N) is 1. The van der Waals surface area contributed by atoms with Gasteiger partial charge in [-0.05, 0) is 26.4 Å². The van der Waals surface area contributed by atoms with E-state index in [1.807, 2.05) is 0 Å². The minimum absolute atomic E-state index is 0.558. The van der Waals surface area contributed by atoms with Crippen molar-refractivity contribution in [3.8, 4) is 0 Å². The fourth-order valence-corrected chi connectivity index (χ4v) is 2.45. The molecule has 1 aliphatic heterocycles. The molecule has 3 heteroatoms. The van der Waals surface area contributed by atoms with Crippen molar-refractivity contribution in [3.63, 3.8) is 0 Å². The average Bonchev–Trinajstić information content (AvgIpc) is 2.73. The van der Waals surface area contributed by atoms with Crippen LogP contribution in [-0.4, -0.2) is 49.8 Å². The molecule has 1 saturated heterocycles. The zero-order chi connectivity index (χ0) is 12.0. The van der Waals surface area contributed by atoms with Crippen molar-refractivity contribution in [1.82, 2.24) is 10.2 Å². The first kappa shape index (κ1) is 13.9. The molecule has 0 aromatic rings. The van der Waals surface area contributed by atoms with Crippen molar-refractivity contribution in [1.29, 1.82) is 0 Å².